The van der Waals surface area contributed by atoms with Gasteiger partial charge in [0.1, 0.15) is 26.2 Å². The molecule has 30 heteroatoms. The van der Waals surface area contributed by atoms with Gasteiger partial charge in [0.2, 0.25) is 60.0 Å². The number of fused-ring (bicyclic) bond motifs is 1. The van der Waals surface area contributed by atoms with Gasteiger partial charge < -0.3 is 91.9 Å². The summed E-state index contributed by atoms with van der Waals surface area (Å²) >= 11 is -2.55. The molecule has 6 rings (SSSR count). The Morgan fingerprint density at radius 2 is 0.894 bits per heavy atom. The lowest BCUT2D eigenvalue weighted by molar-refractivity contribution is -0.149. The van der Waals surface area contributed by atoms with Crippen molar-refractivity contribution in [3.63, 3.8) is 0 Å². The van der Waals surface area contributed by atoms with E-state index in [4.69, 9.17) is 32.4 Å². The van der Waals surface area contributed by atoms with Crippen molar-refractivity contribution in [1.82, 2.24) is 49.8 Å². The number of unbranched alkanes of at least 4 members (excludes halogenated alkanes) is 4. The molecule has 1 fully saturated rings. The van der Waals surface area contributed by atoms with E-state index in [9.17, 15) is 37.8 Å². The minimum Gasteiger partial charge on any atom is -0.768 e. The van der Waals surface area contributed by atoms with E-state index in [0.717, 1.165) is 37.7 Å². The van der Waals surface area contributed by atoms with E-state index >= 15 is 24.0 Å². The number of hydrogen-bond acceptors (Lipinski definition) is 19. The summed E-state index contributed by atoms with van der Waals surface area (Å²) in [6.45, 7) is -0.780. The minimum absolute atomic E-state index is 0.00244. The average Bonchev–Trinajstić information content (AvgIpc) is 1.32. The molecule has 0 radical (unpaired) electrons. The van der Waals surface area contributed by atoms with Crippen LogP contribution in [-0.2, 0) is 72.0 Å². The molecule has 0 bridgehead atoms. The molecule has 29 nitrogen and oxygen atoms in total. The highest BCUT2D eigenvalue weighted by atomic mass is 32.2. The van der Waals surface area contributed by atoms with Crippen molar-refractivity contribution in [1.29, 1.82) is 0 Å². The van der Waals surface area contributed by atoms with Gasteiger partial charge in [-0.25, -0.2) is 0 Å². The van der Waals surface area contributed by atoms with Crippen LogP contribution in [0.1, 0.15) is 132 Å². The highest BCUT2D eigenvalue weighted by Gasteiger charge is 2.35. The van der Waals surface area contributed by atoms with Gasteiger partial charge >= 0.3 is 5.97 Å². The van der Waals surface area contributed by atoms with Gasteiger partial charge in [0, 0.05) is 50.2 Å². The fourth-order valence-electron chi connectivity index (χ4n) is 12.3. The van der Waals surface area contributed by atoms with Gasteiger partial charge in [-0.3, -0.25) is 52.2 Å². The zero-order chi connectivity index (χ0) is 75.3. The second-order valence-corrected chi connectivity index (χ2v) is 27.2. The molecule has 2 aliphatic rings. The number of nitrogens with one attached hydrogen (secondary N) is 2. The Hall–Kier alpha value is -8.91. The van der Waals surface area contributed by atoms with Crippen LogP contribution in [0.25, 0.3) is 0 Å². The largest absolute Gasteiger partial charge is 0.768 e. The van der Waals surface area contributed by atoms with Crippen molar-refractivity contribution < 1.29 is 71.3 Å². The second kappa shape index (κ2) is 45.3. The maximum Gasteiger partial charge on any atom is 0.322 e. The van der Waals surface area contributed by atoms with E-state index in [1.54, 1.807) is 37.3 Å². The van der Waals surface area contributed by atoms with Gasteiger partial charge in [-0.1, -0.05) is 98.1 Å². The molecule has 0 aromatic heterocycles. The summed E-state index contributed by atoms with van der Waals surface area (Å²) in [4.78, 5) is 155. The summed E-state index contributed by atoms with van der Waals surface area (Å²) in [5, 5.41) is 14.9. The summed E-state index contributed by atoms with van der Waals surface area (Å²) in [7, 11) is 0. The summed E-state index contributed by atoms with van der Waals surface area (Å²) in [6, 6.07) is 28.3. The summed E-state index contributed by atoms with van der Waals surface area (Å²) in [5.74, 6) is -6.05. The van der Waals surface area contributed by atoms with E-state index in [-0.39, 0.29) is 95.5 Å². The predicted octanol–water partition coefficient (Wildman–Crippen LogP) is 2.63. The highest BCUT2D eigenvalue weighted by Crippen LogP contribution is 2.33. The monoisotopic (exact) mass is 1460 g/mol. The van der Waals surface area contributed by atoms with Crippen LogP contribution in [-0.4, -0.2) is 249 Å². The number of hydrogen-bond donors (Lipinski definition) is 7. The lowest BCUT2D eigenvalue weighted by Crippen LogP contribution is -2.53. The third-order valence-electron chi connectivity index (χ3n) is 18.5. The van der Waals surface area contributed by atoms with Crippen molar-refractivity contribution >= 4 is 70.2 Å². The number of carboxylic acids is 1. The van der Waals surface area contributed by atoms with Crippen LogP contribution in [0, 0.1) is 0 Å². The average molecular weight is 1460 g/mol. The van der Waals surface area contributed by atoms with E-state index in [0.29, 0.717) is 86.1 Å². The van der Waals surface area contributed by atoms with Crippen molar-refractivity contribution in [2.45, 2.75) is 133 Å². The van der Waals surface area contributed by atoms with Crippen LogP contribution >= 0.6 is 0 Å². The number of carbonyl (C=O) groups is 10. The summed E-state index contributed by atoms with van der Waals surface area (Å²) < 4.78 is 35.1. The molecule has 3 unspecified atom stereocenters. The molecular weight excluding hydrogens is 1360 g/mol. The number of aliphatic carboxylic acids is 1. The normalized spacial score (nSPS) is 13.4. The lowest BCUT2D eigenvalue weighted by atomic mass is 9.95. The van der Waals surface area contributed by atoms with Gasteiger partial charge in [-0.2, -0.15) is 0 Å². The van der Waals surface area contributed by atoms with Crippen LogP contribution in [0.4, 0.5) is 0 Å². The molecular formula is C74H107N14O15S-. The Bertz CT molecular complexity index is 3430. The minimum atomic E-state index is -2.55. The molecule has 1 aliphatic carbocycles. The molecule has 0 saturated heterocycles. The number of carbonyl (C=O) groups excluding carboxylic acids is 9. The Balaban J connectivity index is 1.33. The summed E-state index contributed by atoms with van der Waals surface area (Å²) in [5.41, 5.74) is 26.1. The molecule has 104 heavy (non-hydrogen) atoms. The fraction of sp³-hybridized carbons (Fsp3) is 0.541. The van der Waals surface area contributed by atoms with Crippen LogP contribution in [0.15, 0.2) is 108 Å². The van der Waals surface area contributed by atoms with Gasteiger partial charge in [0.05, 0.1) is 51.4 Å². The standard InChI is InChI=1S/C74H108N14O15S/c1-55(59-20-6-3-7-21-59)87(66(90)43-79-61-24-10-5-11-25-61)53-73(97)88(56(2)60-22-8-4-9-23-60)52-72(96)84(40-19-15-36-78)49-69(93)85(41-32-57-26-29-62(30-27-57)104(100)101)50-71(95)86(45-58-28-31-63-64(42-58)103-54-102-63)51-70(94)83(39-18-14-35-77)48-68(92)82(38-17-13-34-76)47-67(91)81(37-16-12-33-75)46-65(89)80-44-74(98)99/h3-4,6-9,20-23,26-31,42,55-56,61,79H,5,10-19,24-25,32-41,43-54,75-78H2,1-2H3,(H,80,89)(H,98,99)(H,100,101)/p-1. The summed E-state index contributed by atoms with van der Waals surface area (Å²) in [6.07, 6.45) is 8.46. The zero-order valence-electron chi connectivity index (χ0n) is 60.3. The quantitative estimate of drug-likeness (QED) is 0.0247. The number of benzene rings is 4. The smallest absolute Gasteiger partial charge is 0.322 e. The lowest BCUT2D eigenvalue weighted by Gasteiger charge is -2.36. The molecule has 4 aromatic carbocycles. The van der Waals surface area contributed by atoms with Crippen LogP contribution in [0.2, 0.25) is 0 Å². The van der Waals surface area contributed by atoms with E-state index < -0.39 is 135 Å². The Morgan fingerprint density at radius 3 is 1.37 bits per heavy atom. The fourth-order valence-corrected chi connectivity index (χ4v) is 12.7. The number of amides is 9. The van der Waals surface area contributed by atoms with E-state index in [1.165, 1.54) is 51.3 Å². The maximum absolute atomic E-state index is 15.5. The first kappa shape index (κ1) is 84.0. The van der Waals surface area contributed by atoms with Gasteiger partial charge in [-0.05, 0) is 168 Å². The molecule has 11 N–H and O–H groups in total. The molecule has 1 aliphatic heterocycles. The number of nitrogens with two attached hydrogens (primary N) is 4. The number of ether oxygens (including phenoxy) is 2. The van der Waals surface area contributed by atoms with Gasteiger partial charge in [0.15, 0.2) is 11.5 Å². The molecule has 3 atom stereocenters. The van der Waals surface area contributed by atoms with Crippen molar-refractivity contribution in [3.8, 4) is 11.5 Å². The third kappa shape index (κ3) is 28.3. The maximum atomic E-state index is 15.5. The Labute approximate surface area is 612 Å². The predicted molar refractivity (Wildman–Crippen MR) is 390 cm³/mol. The van der Waals surface area contributed by atoms with E-state index in [2.05, 4.69) is 10.6 Å². The molecule has 9 amide bonds. The molecule has 4 aromatic rings. The molecule has 1 heterocycles. The van der Waals surface area contributed by atoms with Gasteiger partial charge in [0.25, 0.3) is 0 Å². The Morgan fingerprint density at radius 1 is 0.481 bits per heavy atom. The first-order valence-corrected chi connectivity index (χ1v) is 37.1. The molecule has 1 saturated carbocycles. The van der Waals surface area contributed by atoms with Crippen LogP contribution < -0.4 is 43.0 Å². The number of rotatable bonds is 47. The Kier molecular flexibility index (Phi) is 36.6. The van der Waals surface area contributed by atoms with Gasteiger partial charge in [-0.15, -0.1) is 0 Å². The second-order valence-electron chi connectivity index (χ2n) is 26.2. The molecule has 0 spiro atoms. The molecule has 570 valence electrons. The zero-order valence-corrected chi connectivity index (χ0v) is 61.1. The first-order chi connectivity index (χ1) is 50.1. The number of carboxylic acid groups (broad SMARTS) is 1. The van der Waals surface area contributed by atoms with Crippen LogP contribution in [0.5, 0.6) is 11.5 Å². The highest BCUT2D eigenvalue weighted by molar-refractivity contribution is 7.79. The van der Waals surface area contributed by atoms with E-state index in [1.807, 2.05) is 67.6 Å². The van der Waals surface area contributed by atoms with Crippen molar-refractivity contribution in [2.75, 3.05) is 131 Å². The van der Waals surface area contributed by atoms with Crippen molar-refractivity contribution in [3.05, 3.63) is 125 Å². The van der Waals surface area contributed by atoms with Crippen molar-refractivity contribution in [2.24, 2.45) is 22.9 Å². The van der Waals surface area contributed by atoms with Crippen LogP contribution in [0.3, 0.4) is 0 Å². The number of nitrogens with zero attached hydrogens (tertiary/aromatic N) is 8. The first-order valence-electron chi connectivity index (χ1n) is 36.1. The third-order valence-corrected chi connectivity index (χ3v) is 19.2. The SMILES string of the molecule is CC(c1ccccc1)N(CC(=O)N(CCCCN)CC(=O)N(CCc1ccc(S(=O)[O-])cc1)CC(=O)N(CC(=O)N(CCCCN)CC(=O)N(CCCCN)CC(=O)N(CCCCN)CC(=O)NCC(=O)O)Cc1ccc2c(c1)OCO2)C(=O)CN(C(=O)CNC1CCCCC1)C(C)c1ccccc1. The topological polar surface area (TPSA) is 404 Å².